The van der Waals surface area contributed by atoms with E-state index in [0.717, 1.165) is 11.1 Å². The van der Waals surface area contributed by atoms with E-state index >= 15 is 0 Å². The molecule has 0 radical (unpaired) electrons. The number of esters is 1. The van der Waals surface area contributed by atoms with Gasteiger partial charge in [0, 0.05) is 22.9 Å². The number of ether oxygens (including phenoxy) is 1. The van der Waals surface area contributed by atoms with Crippen molar-refractivity contribution in [2.45, 2.75) is 12.8 Å². The first-order chi connectivity index (χ1) is 9.56. The quantitative estimate of drug-likeness (QED) is 0.766. The Balaban J connectivity index is 2.30. The molecule has 0 saturated carbocycles. The maximum Gasteiger partial charge on any atom is 0.302 e. The van der Waals surface area contributed by atoms with Crippen LogP contribution in [0.4, 0.5) is 0 Å². The van der Waals surface area contributed by atoms with Crippen LogP contribution in [-0.2, 0) is 9.53 Å². The minimum absolute atomic E-state index is 0.0339. The van der Waals surface area contributed by atoms with Crippen molar-refractivity contribution >= 4 is 29.2 Å². The monoisotopic (exact) mass is 308 g/mol. The minimum atomic E-state index is -0.294. The van der Waals surface area contributed by atoms with Gasteiger partial charge in [0.1, 0.15) is 6.61 Å². The Labute approximate surface area is 128 Å². The Morgan fingerprint density at radius 3 is 1.70 bits per heavy atom. The van der Waals surface area contributed by atoms with Crippen LogP contribution >= 0.6 is 23.2 Å². The lowest BCUT2D eigenvalue weighted by Crippen LogP contribution is -2.12. The highest BCUT2D eigenvalue weighted by molar-refractivity contribution is 6.30. The molecule has 0 atom stereocenters. The van der Waals surface area contributed by atoms with E-state index in [1.165, 1.54) is 6.92 Å². The summed E-state index contributed by atoms with van der Waals surface area (Å²) in [4.78, 5) is 11.1. The van der Waals surface area contributed by atoms with E-state index in [1.54, 1.807) is 0 Å². The summed E-state index contributed by atoms with van der Waals surface area (Å²) in [5.41, 5.74) is 2.08. The van der Waals surface area contributed by atoms with Crippen LogP contribution in [0.15, 0.2) is 48.5 Å². The Hall–Kier alpha value is -1.51. The van der Waals surface area contributed by atoms with Gasteiger partial charge >= 0.3 is 5.97 Å². The highest BCUT2D eigenvalue weighted by Gasteiger charge is 2.16. The van der Waals surface area contributed by atoms with Crippen LogP contribution in [0.3, 0.4) is 0 Å². The van der Waals surface area contributed by atoms with E-state index in [4.69, 9.17) is 27.9 Å². The van der Waals surface area contributed by atoms with Crippen LogP contribution < -0.4 is 0 Å². The van der Waals surface area contributed by atoms with E-state index < -0.39 is 0 Å². The number of halogens is 2. The molecule has 0 aliphatic rings. The molecule has 0 aliphatic heterocycles. The van der Waals surface area contributed by atoms with Crippen molar-refractivity contribution in [2.24, 2.45) is 0 Å². The molecule has 4 heteroatoms. The summed E-state index contributed by atoms with van der Waals surface area (Å²) >= 11 is 11.8. The van der Waals surface area contributed by atoms with Crippen molar-refractivity contribution in [1.82, 2.24) is 0 Å². The highest BCUT2D eigenvalue weighted by Crippen LogP contribution is 2.27. The van der Waals surface area contributed by atoms with Gasteiger partial charge in [0.05, 0.1) is 0 Å². The Morgan fingerprint density at radius 2 is 1.35 bits per heavy atom. The molecular weight excluding hydrogens is 295 g/mol. The summed E-state index contributed by atoms with van der Waals surface area (Å²) < 4.78 is 5.17. The maximum atomic E-state index is 11.1. The summed E-state index contributed by atoms with van der Waals surface area (Å²) in [6.07, 6.45) is 0. The van der Waals surface area contributed by atoms with Crippen LogP contribution in [0.1, 0.15) is 24.0 Å². The van der Waals surface area contributed by atoms with Crippen molar-refractivity contribution in [3.8, 4) is 0 Å². The number of carbonyl (C=O) groups excluding carboxylic acids is 1. The average Bonchev–Trinajstić information content (AvgIpc) is 2.42. The zero-order valence-electron chi connectivity index (χ0n) is 11.0. The molecule has 0 aromatic heterocycles. The third kappa shape index (κ3) is 3.99. The summed E-state index contributed by atoms with van der Waals surface area (Å²) in [5, 5.41) is 1.35. The van der Waals surface area contributed by atoms with Gasteiger partial charge in [-0.15, -0.1) is 0 Å². The molecule has 2 nitrogen and oxygen atoms in total. The fourth-order valence-electron chi connectivity index (χ4n) is 1.98. The summed E-state index contributed by atoms with van der Waals surface area (Å²) in [6.45, 7) is 1.69. The number of hydrogen-bond donors (Lipinski definition) is 0. The first-order valence-corrected chi connectivity index (χ1v) is 6.96. The molecule has 20 heavy (non-hydrogen) atoms. The molecule has 0 aliphatic carbocycles. The summed E-state index contributed by atoms with van der Waals surface area (Å²) in [6, 6.07) is 15.1. The van der Waals surface area contributed by atoms with Gasteiger partial charge < -0.3 is 4.74 Å². The molecule has 0 saturated heterocycles. The van der Waals surface area contributed by atoms with Crippen LogP contribution in [-0.4, -0.2) is 12.6 Å². The minimum Gasteiger partial charge on any atom is -0.465 e. The van der Waals surface area contributed by atoms with Gasteiger partial charge in [-0.25, -0.2) is 0 Å². The van der Waals surface area contributed by atoms with Gasteiger partial charge in [0.2, 0.25) is 0 Å². The molecule has 0 amide bonds. The van der Waals surface area contributed by atoms with E-state index in [1.807, 2.05) is 48.5 Å². The number of benzene rings is 2. The largest absolute Gasteiger partial charge is 0.465 e. The normalized spacial score (nSPS) is 10.6. The summed E-state index contributed by atoms with van der Waals surface area (Å²) in [5.74, 6) is -0.327. The average molecular weight is 309 g/mol. The standard InChI is InChI=1S/C16H14Cl2O2/c1-11(19)20-10-16(12-2-6-14(17)7-3-12)13-4-8-15(18)9-5-13/h2-9,16H,10H2,1H3. The molecule has 0 bridgehead atoms. The molecule has 0 unspecified atom stereocenters. The Kier molecular flexibility index (Phi) is 5.05. The maximum absolute atomic E-state index is 11.1. The van der Waals surface area contributed by atoms with E-state index in [9.17, 15) is 4.79 Å². The molecular formula is C16H14Cl2O2. The fraction of sp³-hybridized carbons (Fsp3) is 0.188. The summed E-state index contributed by atoms with van der Waals surface area (Å²) in [7, 11) is 0. The van der Waals surface area contributed by atoms with Crippen LogP contribution in [0.5, 0.6) is 0 Å². The van der Waals surface area contributed by atoms with Crippen molar-refractivity contribution in [3.63, 3.8) is 0 Å². The molecule has 0 heterocycles. The van der Waals surface area contributed by atoms with E-state index in [2.05, 4.69) is 0 Å². The van der Waals surface area contributed by atoms with Crippen LogP contribution in [0.2, 0.25) is 10.0 Å². The van der Waals surface area contributed by atoms with Gasteiger partial charge in [-0.1, -0.05) is 47.5 Å². The molecule has 2 rings (SSSR count). The molecule has 0 N–H and O–H groups in total. The zero-order valence-corrected chi connectivity index (χ0v) is 12.5. The Morgan fingerprint density at radius 1 is 0.950 bits per heavy atom. The molecule has 0 fully saturated rings. The number of rotatable bonds is 4. The predicted octanol–water partition coefficient (Wildman–Crippen LogP) is 4.69. The number of carbonyl (C=O) groups is 1. The zero-order chi connectivity index (χ0) is 14.5. The van der Waals surface area contributed by atoms with Gasteiger partial charge in [-0.05, 0) is 35.4 Å². The predicted molar refractivity (Wildman–Crippen MR) is 81.4 cm³/mol. The second-order valence-electron chi connectivity index (χ2n) is 4.46. The lowest BCUT2D eigenvalue weighted by molar-refractivity contribution is -0.141. The topological polar surface area (TPSA) is 26.3 Å². The van der Waals surface area contributed by atoms with Gasteiger partial charge in [0.15, 0.2) is 0 Å². The van der Waals surface area contributed by atoms with Crippen LogP contribution in [0.25, 0.3) is 0 Å². The van der Waals surface area contributed by atoms with Crippen molar-refractivity contribution in [2.75, 3.05) is 6.61 Å². The lowest BCUT2D eigenvalue weighted by Gasteiger charge is -2.18. The molecule has 0 spiro atoms. The van der Waals surface area contributed by atoms with Crippen molar-refractivity contribution in [3.05, 3.63) is 69.7 Å². The smallest absolute Gasteiger partial charge is 0.302 e. The fourth-order valence-corrected chi connectivity index (χ4v) is 2.23. The molecule has 2 aromatic carbocycles. The third-order valence-corrected chi connectivity index (χ3v) is 3.50. The second kappa shape index (κ2) is 6.78. The van der Waals surface area contributed by atoms with Crippen molar-refractivity contribution < 1.29 is 9.53 Å². The molecule has 2 aromatic rings. The SMILES string of the molecule is CC(=O)OCC(c1ccc(Cl)cc1)c1ccc(Cl)cc1. The van der Waals surface area contributed by atoms with Crippen molar-refractivity contribution in [1.29, 1.82) is 0 Å². The molecule has 104 valence electrons. The van der Waals surface area contributed by atoms with E-state index in [0.29, 0.717) is 16.7 Å². The number of hydrogen-bond acceptors (Lipinski definition) is 2. The third-order valence-electron chi connectivity index (χ3n) is 3.00. The first kappa shape index (κ1) is 14.9. The van der Waals surface area contributed by atoms with Gasteiger partial charge in [0.25, 0.3) is 0 Å². The second-order valence-corrected chi connectivity index (χ2v) is 5.33. The van der Waals surface area contributed by atoms with Crippen LogP contribution in [0, 0.1) is 0 Å². The first-order valence-electron chi connectivity index (χ1n) is 6.20. The van der Waals surface area contributed by atoms with E-state index in [-0.39, 0.29) is 11.9 Å². The van der Waals surface area contributed by atoms with Gasteiger partial charge in [-0.2, -0.15) is 0 Å². The van der Waals surface area contributed by atoms with Gasteiger partial charge in [-0.3, -0.25) is 4.79 Å². The highest BCUT2D eigenvalue weighted by atomic mass is 35.5. The Bertz CT molecular complexity index is 531. The lowest BCUT2D eigenvalue weighted by atomic mass is 9.92.